The van der Waals surface area contributed by atoms with E-state index >= 15 is 0 Å². The Morgan fingerprint density at radius 2 is 1.63 bits per heavy atom. The molecule has 96 valence electrons. The van der Waals surface area contributed by atoms with Crippen molar-refractivity contribution in [1.82, 2.24) is 0 Å². The highest BCUT2D eigenvalue weighted by atomic mass is 79.9. The summed E-state index contributed by atoms with van der Waals surface area (Å²) in [7, 11) is 0. The predicted octanol–water partition coefficient (Wildman–Crippen LogP) is 5.69. The van der Waals surface area contributed by atoms with Gasteiger partial charge in [0.05, 0.1) is 0 Å². The summed E-state index contributed by atoms with van der Waals surface area (Å²) in [4.78, 5) is 0. The Hall–Kier alpha value is -1.34. The maximum atomic E-state index is 3.82. The second-order valence-corrected chi connectivity index (χ2v) is 6.08. The quantitative estimate of drug-likeness (QED) is 0.634. The van der Waals surface area contributed by atoms with Crippen LogP contribution in [0.3, 0.4) is 0 Å². The van der Waals surface area contributed by atoms with Crippen LogP contribution < -0.4 is 0 Å². The normalized spacial score (nSPS) is 13.4. The molecule has 0 nitrogen and oxygen atoms in total. The van der Waals surface area contributed by atoms with Crippen LogP contribution in [0.1, 0.15) is 29.2 Å². The van der Waals surface area contributed by atoms with Gasteiger partial charge in [-0.2, -0.15) is 0 Å². The minimum atomic E-state index is 1.04. The van der Waals surface area contributed by atoms with Gasteiger partial charge in [-0.15, -0.1) is 0 Å². The van der Waals surface area contributed by atoms with Gasteiger partial charge in [-0.3, -0.25) is 0 Å². The molecule has 0 saturated heterocycles. The number of rotatable bonds is 1. The fourth-order valence-corrected chi connectivity index (χ4v) is 3.53. The number of hydrogen-bond acceptors (Lipinski definition) is 0. The summed E-state index contributed by atoms with van der Waals surface area (Å²) in [5.74, 6) is 0. The van der Waals surface area contributed by atoms with Crippen molar-refractivity contribution in [2.45, 2.75) is 27.2 Å². The Labute approximate surface area is 123 Å². The zero-order valence-electron chi connectivity index (χ0n) is 11.5. The van der Waals surface area contributed by atoms with Crippen molar-refractivity contribution in [1.29, 1.82) is 0 Å². The lowest BCUT2D eigenvalue weighted by Gasteiger charge is -2.14. The molecule has 0 bridgehead atoms. The number of aryl methyl sites for hydroxylation is 1. The first kappa shape index (κ1) is 12.7. The zero-order chi connectivity index (χ0) is 13.6. The molecule has 0 saturated carbocycles. The first-order chi connectivity index (χ1) is 9.09. The standard InChI is InChI=1S/C18H17Br/c1-11-5-4-6-15(13(11)3)17-10-9-14-12(2)7-8-16(14)18(17)19/h4-7,9-10H,8H2,1-3H3. The first-order valence-corrected chi connectivity index (χ1v) is 7.44. The number of halogens is 1. The van der Waals surface area contributed by atoms with Crippen molar-refractivity contribution < 1.29 is 0 Å². The lowest BCUT2D eigenvalue weighted by Crippen LogP contribution is -1.92. The van der Waals surface area contributed by atoms with Crippen molar-refractivity contribution in [3.8, 4) is 11.1 Å². The van der Waals surface area contributed by atoms with Gasteiger partial charge in [0.2, 0.25) is 0 Å². The summed E-state index contributed by atoms with van der Waals surface area (Å²) in [6, 6.07) is 11.0. The molecule has 0 fully saturated rings. The molecule has 0 radical (unpaired) electrons. The molecule has 0 unspecified atom stereocenters. The van der Waals surface area contributed by atoms with E-state index in [0.29, 0.717) is 0 Å². The van der Waals surface area contributed by atoms with Gasteiger partial charge in [0.15, 0.2) is 0 Å². The molecule has 0 amide bonds. The van der Waals surface area contributed by atoms with Gasteiger partial charge in [-0.25, -0.2) is 0 Å². The van der Waals surface area contributed by atoms with Crippen LogP contribution >= 0.6 is 15.9 Å². The zero-order valence-corrected chi connectivity index (χ0v) is 13.1. The van der Waals surface area contributed by atoms with E-state index in [1.807, 2.05) is 0 Å². The summed E-state index contributed by atoms with van der Waals surface area (Å²) in [6.45, 7) is 6.56. The van der Waals surface area contributed by atoms with Crippen LogP contribution in [0.4, 0.5) is 0 Å². The highest BCUT2D eigenvalue weighted by Gasteiger charge is 2.17. The second kappa shape index (κ2) is 4.64. The molecule has 2 aromatic rings. The topological polar surface area (TPSA) is 0 Å². The molecule has 1 heteroatoms. The van der Waals surface area contributed by atoms with E-state index in [2.05, 4.69) is 73.1 Å². The number of allylic oxidation sites excluding steroid dienone is 2. The lowest BCUT2D eigenvalue weighted by molar-refractivity contribution is 1.28. The molecule has 0 heterocycles. The van der Waals surface area contributed by atoms with Gasteiger partial charge in [-0.05, 0) is 82.1 Å². The highest BCUT2D eigenvalue weighted by molar-refractivity contribution is 9.10. The van der Waals surface area contributed by atoms with Crippen LogP contribution in [0.15, 0.2) is 40.9 Å². The SMILES string of the molecule is CC1=CCc2c1ccc(-c1cccc(C)c1C)c2Br. The summed E-state index contributed by atoms with van der Waals surface area (Å²) in [6.07, 6.45) is 3.35. The van der Waals surface area contributed by atoms with E-state index in [0.717, 1.165) is 6.42 Å². The van der Waals surface area contributed by atoms with E-state index < -0.39 is 0 Å². The minimum Gasteiger partial charge on any atom is -0.0765 e. The van der Waals surface area contributed by atoms with Crippen LogP contribution in [0.25, 0.3) is 16.7 Å². The van der Waals surface area contributed by atoms with Gasteiger partial charge in [0, 0.05) is 4.47 Å². The molecule has 0 N–H and O–H groups in total. The number of fused-ring (bicyclic) bond motifs is 1. The highest BCUT2D eigenvalue weighted by Crippen LogP contribution is 2.40. The minimum absolute atomic E-state index is 1.04. The Morgan fingerprint density at radius 3 is 2.42 bits per heavy atom. The molecule has 19 heavy (non-hydrogen) atoms. The molecule has 1 aliphatic rings. The van der Waals surface area contributed by atoms with Crippen LogP contribution in [0.5, 0.6) is 0 Å². The summed E-state index contributed by atoms with van der Waals surface area (Å²) >= 11 is 3.82. The summed E-state index contributed by atoms with van der Waals surface area (Å²) in [5.41, 5.74) is 9.56. The van der Waals surface area contributed by atoms with Gasteiger partial charge < -0.3 is 0 Å². The third-order valence-electron chi connectivity index (χ3n) is 4.18. The predicted molar refractivity (Wildman–Crippen MR) is 86.4 cm³/mol. The lowest BCUT2D eigenvalue weighted by atomic mass is 9.94. The van der Waals surface area contributed by atoms with E-state index in [1.165, 1.54) is 43.4 Å². The van der Waals surface area contributed by atoms with E-state index in [-0.39, 0.29) is 0 Å². The Kier molecular flexibility index (Phi) is 3.10. The maximum absolute atomic E-state index is 3.82. The molecule has 0 aliphatic heterocycles. The third kappa shape index (κ3) is 1.97. The molecule has 3 rings (SSSR count). The molecule has 0 spiro atoms. The molecular formula is C18H17Br. The summed E-state index contributed by atoms with van der Waals surface area (Å²) in [5, 5.41) is 0. The third-order valence-corrected chi connectivity index (χ3v) is 5.08. The molecule has 0 atom stereocenters. The van der Waals surface area contributed by atoms with E-state index in [1.54, 1.807) is 0 Å². The van der Waals surface area contributed by atoms with Crippen LogP contribution in [-0.2, 0) is 6.42 Å². The van der Waals surface area contributed by atoms with Crippen LogP contribution in [0, 0.1) is 13.8 Å². The van der Waals surface area contributed by atoms with Gasteiger partial charge in [0.1, 0.15) is 0 Å². The van der Waals surface area contributed by atoms with Crippen LogP contribution in [-0.4, -0.2) is 0 Å². The smallest absolute Gasteiger partial charge is 0.0295 e. The van der Waals surface area contributed by atoms with E-state index in [4.69, 9.17) is 0 Å². The largest absolute Gasteiger partial charge is 0.0765 e. The van der Waals surface area contributed by atoms with Gasteiger partial charge in [0.25, 0.3) is 0 Å². The maximum Gasteiger partial charge on any atom is 0.0295 e. The molecule has 2 aromatic carbocycles. The van der Waals surface area contributed by atoms with Gasteiger partial charge >= 0.3 is 0 Å². The number of hydrogen-bond donors (Lipinski definition) is 0. The second-order valence-electron chi connectivity index (χ2n) is 5.29. The fourth-order valence-electron chi connectivity index (χ4n) is 2.81. The average Bonchev–Trinajstić information content (AvgIpc) is 2.77. The number of benzene rings is 2. The molecule has 0 aromatic heterocycles. The van der Waals surface area contributed by atoms with Crippen molar-refractivity contribution >= 4 is 21.5 Å². The van der Waals surface area contributed by atoms with E-state index in [9.17, 15) is 0 Å². The Bertz CT molecular complexity index is 693. The Balaban J connectivity index is 2.21. The summed E-state index contributed by atoms with van der Waals surface area (Å²) < 4.78 is 1.26. The van der Waals surface area contributed by atoms with Crippen molar-refractivity contribution in [3.63, 3.8) is 0 Å². The van der Waals surface area contributed by atoms with Crippen molar-refractivity contribution in [3.05, 3.63) is 63.1 Å². The average molecular weight is 313 g/mol. The fraction of sp³-hybridized carbons (Fsp3) is 0.222. The van der Waals surface area contributed by atoms with Crippen molar-refractivity contribution in [2.75, 3.05) is 0 Å². The first-order valence-electron chi connectivity index (χ1n) is 6.64. The Morgan fingerprint density at radius 1 is 0.895 bits per heavy atom. The molecular weight excluding hydrogens is 296 g/mol. The monoisotopic (exact) mass is 312 g/mol. The van der Waals surface area contributed by atoms with Crippen molar-refractivity contribution in [2.24, 2.45) is 0 Å². The molecule has 1 aliphatic carbocycles. The van der Waals surface area contributed by atoms with Gasteiger partial charge in [-0.1, -0.05) is 36.4 Å². The van der Waals surface area contributed by atoms with Crippen LogP contribution in [0.2, 0.25) is 0 Å².